The van der Waals surface area contributed by atoms with Gasteiger partial charge in [0.15, 0.2) is 16.5 Å². The Morgan fingerprint density at radius 2 is 2.11 bits per heavy atom. The minimum Gasteiger partial charge on any atom is -0.503 e. The summed E-state index contributed by atoms with van der Waals surface area (Å²) in [7, 11) is 1.38. The van der Waals surface area contributed by atoms with Crippen molar-refractivity contribution in [1.29, 1.82) is 0 Å². The van der Waals surface area contributed by atoms with E-state index in [2.05, 4.69) is 4.98 Å². The lowest BCUT2D eigenvalue weighted by atomic mass is 10.2. The van der Waals surface area contributed by atoms with Crippen LogP contribution in [0.15, 0.2) is 23.1 Å². The predicted molar refractivity (Wildman–Crippen MR) is 72.8 cm³/mol. The number of hydrogen-bond acceptors (Lipinski definition) is 4. The maximum atomic E-state index is 12.1. The monoisotopic (exact) mass is 300 g/mol. The molecule has 0 amide bonds. The molecule has 2 aromatic heterocycles. The van der Waals surface area contributed by atoms with Crippen LogP contribution in [0.1, 0.15) is 5.69 Å². The summed E-state index contributed by atoms with van der Waals surface area (Å²) < 4.78 is 6.36. The van der Waals surface area contributed by atoms with Gasteiger partial charge in [-0.2, -0.15) is 0 Å². The van der Waals surface area contributed by atoms with Crippen molar-refractivity contribution < 1.29 is 9.84 Å². The van der Waals surface area contributed by atoms with E-state index in [1.165, 1.54) is 23.9 Å². The van der Waals surface area contributed by atoms with Crippen LogP contribution in [0.3, 0.4) is 0 Å². The molecule has 2 heterocycles. The number of nitrogens with zero attached hydrogens (tertiary/aromatic N) is 2. The Bertz CT molecular complexity index is 698. The van der Waals surface area contributed by atoms with E-state index in [0.717, 1.165) is 0 Å². The van der Waals surface area contributed by atoms with Crippen molar-refractivity contribution in [2.45, 2.75) is 6.92 Å². The Kier molecular flexibility index (Phi) is 3.68. The first-order chi connectivity index (χ1) is 8.97. The summed E-state index contributed by atoms with van der Waals surface area (Å²) in [5.41, 5.74) is 0.346. The van der Waals surface area contributed by atoms with Crippen LogP contribution in [-0.4, -0.2) is 21.8 Å². The predicted octanol–water partition coefficient (Wildman–Crippen LogP) is 2.56. The van der Waals surface area contributed by atoms with Crippen LogP contribution in [0.25, 0.3) is 5.69 Å². The van der Waals surface area contributed by atoms with E-state index in [4.69, 9.17) is 27.9 Å². The summed E-state index contributed by atoms with van der Waals surface area (Å²) in [5.74, 6) is -0.236. The van der Waals surface area contributed by atoms with E-state index >= 15 is 0 Å². The van der Waals surface area contributed by atoms with Gasteiger partial charge in [-0.1, -0.05) is 23.2 Å². The maximum Gasteiger partial charge on any atom is 0.278 e. The lowest BCUT2D eigenvalue weighted by Gasteiger charge is -2.15. The van der Waals surface area contributed by atoms with Crippen molar-refractivity contribution in [3.05, 3.63) is 44.6 Å². The van der Waals surface area contributed by atoms with Crippen molar-refractivity contribution >= 4 is 23.2 Å². The molecule has 2 rings (SSSR count). The second kappa shape index (κ2) is 5.11. The van der Waals surface area contributed by atoms with E-state index in [1.54, 1.807) is 13.0 Å². The quantitative estimate of drug-likeness (QED) is 0.866. The molecule has 1 N–H and O–H groups in total. The molecule has 7 heteroatoms. The highest BCUT2D eigenvalue weighted by Crippen LogP contribution is 2.34. The zero-order chi connectivity index (χ0) is 14.2. The van der Waals surface area contributed by atoms with Crippen LogP contribution in [0.4, 0.5) is 0 Å². The van der Waals surface area contributed by atoms with Crippen molar-refractivity contribution in [1.82, 2.24) is 9.55 Å². The Hall–Kier alpha value is -1.72. The summed E-state index contributed by atoms with van der Waals surface area (Å²) in [6, 6.07) is 3.12. The summed E-state index contributed by atoms with van der Waals surface area (Å²) in [5, 5.41) is 9.71. The third kappa shape index (κ3) is 2.27. The Morgan fingerprint density at radius 1 is 1.42 bits per heavy atom. The number of aromatic nitrogens is 2. The molecule has 0 unspecified atom stereocenters. The van der Waals surface area contributed by atoms with Crippen LogP contribution in [0.2, 0.25) is 10.2 Å². The van der Waals surface area contributed by atoms with Gasteiger partial charge in [0, 0.05) is 6.20 Å². The van der Waals surface area contributed by atoms with Gasteiger partial charge in [0.25, 0.3) is 5.56 Å². The number of ether oxygens (including phenoxy) is 1. The molecule has 0 saturated heterocycles. The molecule has 0 fully saturated rings. The first kappa shape index (κ1) is 13.7. The van der Waals surface area contributed by atoms with E-state index < -0.39 is 5.56 Å². The highest BCUT2D eigenvalue weighted by molar-refractivity contribution is 6.32. The maximum absolute atomic E-state index is 12.1. The zero-order valence-electron chi connectivity index (χ0n) is 10.1. The van der Waals surface area contributed by atoms with E-state index in [1.807, 2.05) is 0 Å². The molecule has 0 bridgehead atoms. The fraction of sp³-hybridized carbons (Fsp3) is 0.167. The number of methoxy groups -OCH3 is 1. The molecule has 100 valence electrons. The summed E-state index contributed by atoms with van der Waals surface area (Å²) in [6.07, 6.45) is 1.47. The van der Waals surface area contributed by atoms with E-state index in [-0.39, 0.29) is 21.7 Å². The minimum absolute atomic E-state index is 0.137. The SMILES string of the molecule is COc1c(O)c(Cl)c(=O)n(-c2ccnc(Cl)c2)c1C. The van der Waals surface area contributed by atoms with Gasteiger partial charge in [0.2, 0.25) is 0 Å². The average Bonchev–Trinajstić information content (AvgIpc) is 2.37. The van der Waals surface area contributed by atoms with Gasteiger partial charge in [-0.25, -0.2) is 4.98 Å². The fourth-order valence-electron chi connectivity index (χ4n) is 1.81. The molecule has 0 aliphatic heterocycles. The van der Waals surface area contributed by atoms with Gasteiger partial charge in [0.05, 0.1) is 18.5 Å². The molecule has 0 aromatic carbocycles. The number of pyridine rings is 2. The molecule has 19 heavy (non-hydrogen) atoms. The van der Waals surface area contributed by atoms with Gasteiger partial charge in [-0.05, 0) is 19.1 Å². The van der Waals surface area contributed by atoms with Crippen LogP contribution in [0.5, 0.6) is 11.5 Å². The topological polar surface area (TPSA) is 64.3 Å². The number of halogens is 2. The van der Waals surface area contributed by atoms with Gasteiger partial charge in [0.1, 0.15) is 5.15 Å². The number of hydrogen-bond donors (Lipinski definition) is 1. The molecule has 0 atom stereocenters. The molecule has 2 aromatic rings. The molecule has 0 spiro atoms. The molecular formula is C12H10Cl2N2O3. The lowest BCUT2D eigenvalue weighted by molar-refractivity contribution is 0.366. The highest BCUT2D eigenvalue weighted by atomic mass is 35.5. The van der Waals surface area contributed by atoms with Gasteiger partial charge < -0.3 is 9.84 Å². The molecule has 0 radical (unpaired) electrons. The van der Waals surface area contributed by atoms with Crippen molar-refractivity contribution in [3.8, 4) is 17.2 Å². The van der Waals surface area contributed by atoms with Gasteiger partial charge in [-0.15, -0.1) is 0 Å². The highest BCUT2D eigenvalue weighted by Gasteiger charge is 2.19. The van der Waals surface area contributed by atoms with Crippen molar-refractivity contribution in [2.24, 2.45) is 0 Å². The van der Waals surface area contributed by atoms with Crippen LogP contribution < -0.4 is 10.3 Å². The van der Waals surface area contributed by atoms with Crippen LogP contribution in [-0.2, 0) is 0 Å². The largest absolute Gasteiger partial charge is 0.503 e. The molecule has 5 nitrogen and oxygen atoms in total. The molecule has 0 saturated carbocycles. The summed E-state index contributed by atoms with van der Waals surface area (Å²) in [4.78, 5) is 16.0. The van der Waals surface area contributed by atoms with Gasteiger partial charge >= 0.3 is 0 Å². The summed E-state index contributed by atoms with van der Waals surface area (Å²) >= 11 is 11.6. The minimum atomic E-state index is -0.556. The van der Waals surface area contributed by atoms with E-state index in [0.29, 0.717) is 11.4 Å². The number of aromatic hydroxyl groups is 1. The first-order valence-electron chi connectivity index (χ1n) is 5.27. The van der Waals surface area contributed by atoms with E-state index in [9.17, 15) is 9.90 Å². The van der Waals surface area contributed by atoms with Crippen molar-refractivity contribution in [3.63, 3.8) is 0 Å². The lowest BCUT2D eigenvalue weighted by Crippen LogP contribution is -2.22. The molecular weight excluding hydrogens is 291 g/mol. The Morgan fingerprint density at radius 3 is 2.68 bits per heavy atom. The van der Waals surface area contributed by atoms with Crippen LogP contribution >= 0.6 is 23.2 Å². The Labute approximate surface area is 119 Å². The molecule has 0 aliphatic carbocycles. The number of rotatable bonds is 2. The second-order valence-electron chi connectivity index (χ2n) is 3.76. The third-order valence-corrected chi connectivity index (χ3v) is 3.20. The van der Waals surface area contributed by atoms with Gasteiger partial charge in [-0.3, -0.25) is 9.36 Å². The van der Waals surface area contributed by atoms with Crippen molar-refractivity contribution in [2.75, 3.05) is 7.11 Å². The molecule has 0 aliphatic rings. The third-order valence-electron chi connectivity index (χ3n) is 2.65. The normalized spacial score (nSPS) is 10.5. The Balaban J connectivity index is 2.84. The first-order valence-corrected chi connectivity index (χ1v) is 6.03. The standard InChI is InChI=1S/C12H10Cl2N2O3/c1-6-11(19-2)10(17)9(14)12(18)16(6)7-3-4-15-8(13)5-7/h3-5,17H,1-2H3. The smallest absolute Gasteiger partial charge is 0.278 e. The zero-order valence-corrected chi connectivity index (χ0v) is 11.7. The second-order valence-corrected chi connectivity index (χ2v) is 4.52. The van der Waals surface area contributed by atoms with Crippen LogP contribution in [0, 0.1) is 6.92 Å². The summed E-state index contributed by atoms with van der Waals surface area (Å²) in [6.45, 7) is 1.63. The average molecular weight is 301 g/mol. The fourth-order valence-corrected chi connectivity index (χ4v) is 2.15.